The number of hydrogen-bond donors (Lipinski definition) is 2. The van der Waals surface area contributed by atoms with Crippen LogP contribution >= 0.6 is 0 Å². The summed E-state index contributed by atoms with van der Waals surface area (Å²) in [6, 6.07) is 6.48. The molecule has 1 heterocycles. The second kappa shape index (κ2) is 3.17. The molecule has 1 unspecified atom stereocenters. The summed E-state index contributed by atoms with van der Waals surface area (Å²) in [6.07, 6.45) is 0. The van der Waals surface area contributed by atoms with E-state index in [0.29, 0.717) is 6.04 Å². The first-order chi connectivity index (χ1) is 6.29. The lowest BCUT2D eigenvalue weighted by Gasteiger charge is -2.25. The van der Waals surface area contributed by atoms with Crippen molar-refractivity contribution in [3.05, 3.63) is 18.2 Å². The Hall–Kier alpha value is -1.38. The highest BCUT2D eigenvalue weighted by molar-refractivity contribution is 5.72. The molecule has 1 aliphatic heterocycles. The zero-order valence-electron chi connectivity index (χ0n) is 7.92. The molecule has 70 valence electrons. The Labute approximate surface area is 78.1 Å². The lowest BCUT2D eigenvalue weighted by atomic mass is 10.1. The van der Waals surface area contributed by atoms with Gasteiger partial charge < -0.3 is 15.4 Å². The molecule has 0 amide bonds. The molecule has 1 aromatic carbocycles. The van der Waals surface area contributed by atoms with Crippen LogP contribution in [0, 0.1) is 0 Å². The molecule has 1 aliphatic rings. The summed E-state index contributed by atoms with van der Waals surface area (Å²) in [6.45, 7) is 3.12. The topological polar surface area (TPSA) is 33.3 Å². The molecule has 0 bridgehead atoms. The highest BCUT2D eigenvalue weighted by Gasteiger charge is 2.12. The summed E-state index contributed by atoms with van der Waals surface area (Å²) in [5, 5.41) is 6.74. The summed E-state index contributed by atoms with van der Waals surface area (Å²) in [7, 11) is 1.68. The van der Waals surface area contributed by atoms with Crippen LogP contribution in [0.5, 0.6) is 5.75 Å². The molecule has 13 heavy (non-hydrogen) atoms. The number of anilines is 2. The molecule has 0 fully saturated rings. The van der Waals surface area contributed by atoms with E-state index in [9.17, 15) is 0 Å². The van der Waals surface area contributed by atoms with Crippen LogP contribution in [0.15, 0.2) is 18.2 Å². The Bertz CT molecular complexity index is 312. The predicted molar refractivity (Wildman–Crippen MR) is 54.6 cm³/mol. The maximum Gasteiger partial charge on any atom is 0.121 e. The van der Waals surface area contributed by atoms with E-state index in [1.807, 2.05) is 18.2 Å². The van der Waals surface area contributed by atoms with E-state index in [0.717, 1.165) is 23.7 Å². The second-order valence-corrected chi connectivity index (χ2v) is 3.34. The van der Waals surface area contributed by atoms with E-state index in [2.05, 4.69) is 17.6 Å². The molecule has 3 heteroatoms. The van der Waals surface area contributed by atoms with E-state index in [1.54, 1.807) is 7.11 Å². The van der Waals surface area contributed by atoms with Crippen molar-refractivity contribution in [3.63, 3.8) is 0 Å². The molecule has 0 aliphatic carbocycles. The lowest BCUT2D eigenvalue weighted by molar-refractivity contribution is 0.415. The monoisotopic (exact) mass is 178 g/mol. The van der Waals surface area contributed by atoms with Crippen molar-refractivity contribution in [3.8, 4) is 5.75 Å². The number of rotatable bonds is 1. The average molecular weight is 178 g/mol. The van der Waals surface area contributed by atoms with Crippen LogP contribution in [0.2, 0.25) is 0 Å². The van der Waals surface area contributed by atoms with E-state index >= 15 is 0 Å². The van der Waals surface area contributed by atoms with E-state index in [-0.39, 0.29) is 0 Å². The fourth-order valence-corrected chi connectivity index (χ4v) is 1.50. The van der Waals surface area contributed by atoms with Gasteiger partial charge in [0.2, 0.25) is 0 Å². The maximum atomic E-state index is 5.15. The van der Waals surface area contributed by atoms with Gasteiger partial charge in [0.15, 0.2) is 0 Å². The lowest BCUT2D eigenvalue weighted by Crippen LogP contribution is -2.29. The predicted octanol–water partition coefficient (Wildman–Crippen LogP) is 1.92. The van der Waals surface area contributed by atoms with E-state index in [1.165, 1.54) is 0 Å². The number of fused-ring (bicyclic) bond motifs is 1. The van der Waals surface area contributed by atoms with Gasteiger partial charge in [0, 0.05) is 18.7 Å². The van der Waals surface area contributed by atoms with Crippen LogP contribution in [0.1, 0.15) is 6.92 Å². The summed E-state index contributed by atoms with van der Waals surface area (Å²) < 4.78 is 5.15. The minimum Gasteiger partial charge on any atom is -0.497 e. The van der Waals surface area contributed by atoms with Crippen LogP contribution in [-0.4, -0.2) is 19.7 Å². The van der Waals surface area contributed by atoms with Crippen LogP contribution in [0.3, 0.4) is 0 Å². The van der Waals surface area contributed by atoms with E-state index in [4.69, 9.17) is 4.74 Å². The number of ether oxygens (including phenoxy) is 1. The molecule has 0 radical (unpaired) electrons. The number of benzene rings is 1. The largest absolute Gasteiger partial charge is 0.497 e. The molecule has 0 saturated heterocycles. The summed E-state index contributed by atoms with van der Waals surface area (Å²) in [5.41, 5.74) is 2.28. The number of methoxy groups -OCH3 is 1. The Balaban J connectivity index is 2.32. The zero-order chi connectivity index (χ0) is 9.26. The molecule has 1 atom stereocenters. The van der Waals surface area contributed by atoms with E-state index < -0.39 is 0 Å². The van der Waals surface area contributed by atoms with Gasteiger partial charge in [-0.05, 0) is 19.1 Å². The summed E-state index contributed by atoms with van der Waals surface area (Å²) in [4.78, 5) is 0. The van der Waals surface area contributed by atoms with Gasteiger partial charge in [0.1, 0.15) is 5.75 Å². The average Bonchev–Trinajstić information content (AvgIpc) is 2.16. The zero-order valence-corrected chi connectivity index (χ0v) is 7.92. The Morgan fingerprint density at radius 2 is 2.23 bits per heavy atom. The van der Waals surface area contributed by atoms with Crippen molar-refractivity contribution in [2.75, 3.05) is 24.3 Å². The smallest absolute Gasteiger partial charge is 0.121 e. The third-order valence-electron chi connectivity index (χ3n) is 2.23. The summed E-state index contributed by atoms with van der Waals surface area (Å²) >= 11 is 0. The minimum absolute atomic E-state index is 0.472. The molecule has 1 aromatic rings. The van der Waals surface area contributed by atoms with Crippen molar-refractivity contribution in [2.24, 2.45) is 0 Å². The van der Waals surface area contributed by atoms with Gasteiger partial charge in [-0.25, -0.2) is 0 Å². The third kappa shape index (κ3) is 1.54. The van der Waals surface area contributed by atoms with Crippen LogP contribution in [0.4, 0.5) is 11.4 Å². The van der Waals surface area contributed by atoms with Gasteiger partial charge in [-0.1, -0.05) is 0 Å². The quantitative estimate of drug-likeness (QED) is 0.689. The van der Waals surface area contributed by atoms with Gasteiger partial charge in [-0.3, -0.25) is 0 Å². The third-order valence-corrected chi connectivity index (χ3v) is 2.23. The van der Waals surface area contributed by atoms with Gasteiger partial charge in [-0.2, -0.15) is 0 Å². The van der Waals surface area contributed by atoms with Crippen molar-refractivity contribution in [2.45, 2.75) is 13.0 Å². The molecule has 2 rings (SSSR count). The highest BCUT2D eigenvalue weighted by Crippen LogP contribution is 2.29. The van der Waals surface area contributed by atoms with Crippen molar-refractivity contribution < 1.29 is 4.74 Å². The normalized spacial score (nSPS) is 19.7. The molecular formula is C10H14N2O. The first kappa shape index (κ1) is 8.23. The Morgan fingerprint density at radius 3 is 3.00 bits per heavy atom. The minimum atomic E-state index is 0.472. The molecule has 0 aromatic heterocycles. The molecule has 2 N–H and O–H groups in total. The van der Waals surface area contributed by atoms with Gasteiger partial charge in [-0.15, -0.1) is 0 Å². The standard InChI is InChI=1S/C10H14N2O/c1-7-6-11-9-4-3-8(13-2)5-10(9)12-7/h3-5,7,11-12H,6H2,1-2H3. The van der Waals surface area contributed by atoms with Gasteiger partial charge in [0.25, 0.3) is 0 Å². The van der Waals surface area contributed by atoms with Crippen LogP contribution in [-0.2, 0) is 0 Å². The molecular weight excluding hydrogens is 164 g/mol. The molecule has 3 nitrogen and oxygen atoms in total. The van der Waals surface area contributed by atoms with Crippen molar-refractivity contribution in [1.82, 2.24) is 0 Å². The van der Waals surface area contributed by atoms with Crippen LogP contribution in [0.25, 0.3) is 0 Å². The first-order valence-electron chi connectivity index (χ1n) is 4.48. The Morgan fingerprint density at radius 1 is 1.38 bits per heavy atom. The maximum absolute atomic E-state index is 5.15. The summed E-state index contributed by atoms with van der Waals surface area (Å²) in [5.74, 6) is 0.891. The van der Waals surface area contributed by atoms with Gasteiger partial charge in [0.05, 0.1) is 18.5 Å². The first-order valence-corrected chi connectivity index (χ1v) is 4.48. The fraction of sp³-hybridized carbons (Fsp3) is 0.400. The fourth-order valence-electron chi connectivity index (χ4n) is 1.50. The SMILES string of the molecule is COc1ccc2c(c1)NC(C)CN2. The number of hydrogen-bond acceptors (Lipinski definition) is 3. The van der Waals surface area contributed by atoms with Crippen LogP contribution < -0.4 is 15.4 Å². The number of nitrogens with one attached hydrogen (secondary N) is 2. The second-order valence-electron chi connectivity index (χ2n) is 3.34. The molecule has 0 spiro atoms. The Kier molecular flexibility index (Phi) is 2.00. The van der Waals surface area contributed by atoms with Gasteiger partial charge >= 0.3 is 0 Å². The van der Waals surface area contributed by atoms with Crippen molar-refractivity contribution in [1.29, 1.82) is 0 Å². The van der Waals surface area contributed by atoms with Crippen molar-refractivity contribution >= 4 is 11.4 Å². The molecule has 0 saturated carbocycles. The highest BCUT2D eigenvalue weighted by atomic mass is 16.5.